The molecule has 138 valence electrons. The molecule has 3 N–H and O–H groups in total. The van der Waals surface area contributed by atoms with Crippen molar-refractivity contribution in [1.82, 2.24) is 30.0 Å². The van der Waals surface area contributed by atoms with Gasteiger partial charge in [-0.2, -0.15) is 0 Å². The normalized spacial score (nSPS) is 13.2. The molecular formula is C16H19Cl2N7O. The standard InChI is InChI=1S/C16H17N7O.2ClH/c24-16-13(12-2-1-3-17-8-12)9-22-23(16)15-4-14(20-10-21-15)19-7-11-5-18-6-11;;/h1-4,8-11,18,22H,5-7H2,(H,19,20,21);2*1H. The number of nitrogens with one attached hydrogen (secondary N) is 3. The SMILES string of the molecule is Cl.Cl.O=c1c(-c2cccnc2)c[nH]n1-c1cc(NCC2CNC2)ncn1. The van der Waals surface area contributed by atoms with Crippen LogP contribution in [0.25, 0.3) is 16.9 Å². The van der Waals surface area contributed by atoms with Crippen LogP contribution in [0.4, 0.5) is 5.82 Å². The molecule has 0 bridgehead atoms. The van der Waals surface area contributed by atoms with Gasteiger partial charge in [-0.3, -0.25) is 14.9 Å². The predicted octanol–water partition coefficient (Wildman–Crippen LogP) is 1.49. The van der Waals surface area contributed by atoms with Gasteiger partial charge in [0.05, 0.1) is 5.56 Å². The Balaban J connectivity index is 0.00000121. The molecule has 1 aliphatic heterocycles. The fraction of sp³-hybridized carbons (Fsp3) is 0.250. The molecule has 0 radical (unpaired) electrons. The average Bonchev–Trinajstić information content (AvgIpc) is 2.96. The van der Waals surface area contributed by atoms with Gasteiger partial charge < -0.3 is 10.6 Å². The van der Waals surface area contributed by atoms with Crippen molar-refractivity contribution in [3.63, 3.8) is 0 Å². The highest BCUT2D eigenvalue weighted by Crippen LogP contribution is 2.14. The lowest BCUT2D eigenvalue weighted by molar-refractivity contribution is 0.365. The van der Waals surface area contributed by atoms with Crippen LogP contribution in [-0.4, -0.2) is 44.4 Å². The summed E-state index contributed by atoms with van der Waals surface area (Å²) in [6.45, 7) is 2.90. The van der Waals surface area contributed by atoms with E-state index >= 15 is 0 Å². The molecule has 3 aromatic rings. The van der Waals surface area contributed by atoms with Gasteiger partial charge in [-0.15, -0.1) is 24.8 Å². The lowest BCUT2D eigenvalue weighted by atomic mass is 10.0. The molecule has 3 aromatic heterocycles. The summed E-state index contributed by atoms with van der Waals surface area (Å²) in [5.74, 6) is 1.82. The van der Waals surface area contributed by atoms with Crippen LogP contribution in [0.15, 0.2) is 47.9 Å². The number of rotatable bonds is 5. The third-order valence-corrected chi connectivity index (χ3v) is 4.06. The van der Waals surface area contributed by atoms with Crippen molar-refractivity contribution in [3.05, 3.63) is 53.5 Å². The largest absolute Gasteiger partial charge is 0.370 e. The van der Waals surface area contributed by atoms with E-state index in [4.69, 9.17) is 0 Å². The van der Waals surface area contributed by atoms with Crippen LogP contribution >= 0.6 is 24.8 Å². The zero-order chi connectivity index (χ0) is 16.4. The van der Waals surface area contributed by atoms with Gasteiger partial charge >= 0.3 is 0 Å². The van der Waals surface area contributed by atoms with Crippen LogP contribution in [0.5, 0.6) is 0 Å². The van der Waals surface area contributed by atoms with E-state index in [2.05, 4.69) is 30.7 Å². The molecular weight excluding hydrogens is 377 g/mol. The zero-order valence-corrected chi connectivity index (χ0v) is 15.4. The Hall–Kier alpha value is -2.42. The number of aromatic amines is 1. The lowest BCUT2D eigenvalue weighted by Crippen LogP contribution is -2.45. The van der Waals surface area contributed by atoms with Gasteiger partial charge in [-0.05, 0) is 6.07 Å². The van der Waals surface area contributed by atoms with Crippen molar-refractivity contribution < 1.29 is 0 Å². The van der Waals surface area contributed by atoms with Crippen molar-refractivity contribution in [3.8, 4) is 16.9 Å². The Morgan fingerprint density at radius 1 is 1.27 bits per heavy atom. The Bertz CT molecular complexity index is 893. The van der Waals surface area contributed by atoms with Crippen LogP contribution in [0, 0.1) is 5.92 Å². The maximum Gasteiger partial charge on any atom is 0.280 e. The third-order valence-electron chi connectivity index (χ3n) is 4.06. The molecule has 0 spiro atoms. The number of hydrogen-bond donors (Lipinski definition) is 3. The highest BCUT2D eigenvalue weighted by molar-refractivity contribution is 5.85. The molecule has 4 rings (SSSR count). The molecule has 0 amide bonds. The van der Waals surface area contributed by atoms with E-state index in [0.717, 1.165) is 25.2 Å². The maximum atomic E-state index is 12.6. The minimum absolute atomic E-state index is 0. The minimum Gasteiger partial charge on any atom is -0.370 e. The summed E-state index contributed by atoms with van der Waals surface area (Å²) in [6.07, 6.45) is 6.45. The molecule has 4 heterocycles. The van der Waals surface area contributed by atoms with Crippen LogP contribution in [0.1, 0.15) is 0 Å². The number of H-pyrrole nitrogens is 1. The number of anilines is 1. The van der Waals surface area contributed by atoms with E-state index in [1.807, 2.05) is 6.07 Å². The summed E-state index contributed by atoms with van der Waals surface area (Å²) in [5.41, 5.74) is 1.15. The molecule has 0 unspecified atom stereocenters. The maximum absolute atomic E-state index is 12.6. The molecule has 0 atom stereocenters. The van der Waals surface area contributed by atoms with E-state index in [1.54, 1.807) is 30.7 Å². The first-order chi connectivity index (χ1) is 11.8. The first-order valence-corrected chi connectivity index (χ1v) is 7.79. The Labute approximate surface area is 162 Å². The third kappa shape index (κ3) is 4.04. The molecule has 1 saturated heterocycles. The summed E-state index contributed by atoms with van der Waals surface area (Å²) in [4.78, 5) is 25.1. The van der Waals surface area contributed by atoms with Gasteiger partial charge in [-0.1, -0.05) is 6.07 Å². The molecule has 0 aliphatic carbocycles. The van der Waals surface area contributed by atoms with Crippen LogP contribution in [0.2, 0.25) is 0 Å². The fourth-order valence-electron chi connectivity index (χ4n) is 2.58. The molecule has 1 aliphatic rings. The fourth-order valence-corrected chi connectivity index (χ4v) is 2.58. The van der Waals surface area contributed by atoms with E-state index in [1.165, 1.54) is 11.0 Å². The Morgan fingerprint density at radius 3 is 2.81 bits per heavy atom. The first kappa shape index (κ1) is 19.9. The van der Waals surface area contributed by atoms with Crippen molar-refractivity contribution in [2.75, 3.05) is 25.0 Å². The Kier molecular flexibility index (Phi) is 6.73. The van der Waals surface area contributed by atoms with Crippen LogP contribution in [-0.2, 0) is 0 Å². The van der Waals surface area contributed by atoms with Gasteiger partial charge in [-0.25, -0.2) is 14.6 Å². The molecule has 0 aromatic carbocycles. The number of aromatic nitrogens is 5. The zero-order valence-electron chi connectivity index (χ0n) is 13.8. The minimum atomic E-state index is -0.171. The van der Waals surface area contributed by atoms with Gasteiger partial charge in [0.25, 0.3) is 5.56 Å². The number of pyridine rings is 1. The number of halogens is 2. The van der Waals surface area contributed by atoms with E-state index < -0.39 is 0 Å². The van der Waals surface area contributed by atoms with E-state index in [-0.39, 0.29) is 30.4 Å². The van der Waals surface area contributed by atoms with Gasteiger partial charge in [0.15, 0.2) is 5.82 Å². The van der Waals surface area contributed by atoms with Crippen molar-refractivity contribution >= 4 is 30.6 Å². The quantitative estimate of drug-likeness (QED) is 0.604. The van der Waals surface area contributed by atoms with Crippen molar-refractivity contribution in [2.45, 2.75) is 0 Å². The van der Waals surface area contributed by atoms with Gasteiger partial charge in [0, 0.05) is 55.8 Å². The van der Waals surface area contributed by atoms with E-state index in [0.29, 0.717) is 23.1 Å². The second-order valence-electron chi connectivity index (χ2n) is 5.74. The van der Waals surface area contributed by atoms with Gasteiger partial charge in [0.2, 0.25) is 0 Å². The second kappa shape index (κ2) is 8.79. The average molecular weight is 396 g/mol. The highest BCUT2D eigenvalue weighted by atomic mass is 35.5. The number of hydrogen-bond acceptors (Lipinski definition) is 6. The summed E-state index contributed by atoms with van der Waals surface area (Å²) < 4.78 is 1.40. The molecule has 10 heteroatoms. The van der Waals surface area contributed by atoms with Crippen LogP contribution in [0.3, 0.4) is 0 Å². The molecule has 1 fully saturated rings. The molecule has 26 heavy (non-hydrogen) atoms. The predicted molar refractivity (Wildman–Crippen MR) is 105 cm³/mol. The smallest absolute Gasteiger partial charge is 0.280 e. The Morgan fingerprint density at radius 2 is 2.12 bits per heavy atom. The summed E-state index contributed by atoms with van der Waals surface area (Å²) in [6, 6.07) is 5.41. The molecule has 0 saturated carbocycles. The van der Waals surface area contributed by atoms with Crippen molar-refractivity contribution in [2.24, 2.45) is 5.92 Å². The highest BCUT2D eigenvalue weighted by Gasteiger charge is 2.16. The summed E-state index contributed by atoms with van der Waals surface area (Å²) in [5, 5.41) is 9.47. The number of nitrogens with zero attached hydrogens (tertiary/aromatic N) is 4. The first-order valence-electron chi connectivity index (χ1n) is 7.79. The summed E-state index contributed by atoms with van der Waals surface area (Å²) in [7, 11) is 0. The molecule has 8 nitrogen and oxygen atoms in total. The second-order valence-corrected chi connectivity index (χ2v) is 5.74. The van der Waals surface area contributed by atoms with Gasteiger partial charge in [0.1, 0.15) is 12.1 Å². The summed E-state index contributed by atoms with van der Waals surface area (Å²) >= 11 is 0. The van der Waals surface area contributed by atoms with E-state index in [9.17, 15) is 4.79 Å². The van der Waals surface area contributed by atoms with Crippen molar-refractivity contribution in [1.29, 1.82) is 0 Å². The lowest BCUT2D eigenvalue weighted by Gasteiger charge is -2.27. The topological polar surface area (TPSA) is 101 Å². The van der Waals surface area contributed by atoms with Crippen LogP contribution < -0.4 is 16.2 Å². The monoisotopic (exact) mass is 395 g/mol.